The van der Waals surface area contributed by atoms with Gasteiger partial charge in [-0.2, -0.15) is 18.2 Å². The van der Waals surface area contributed by atoms with Crippen molar-refractivity contribution >= 4 is 23.4 Å². The summed E-state index contributed by atoms with van der Waals surface area (Å²) in [5.74, 6) is 0.156. The van der Waals surface area contributed by atoms with E-state index in [4.69, 9.17) is 16.7 Å². The zero-order valence-electron chi connectivity index (χ0n) is 10.9. The molecule has 0 aliphatic rings. The molecule has 0 atom stereocenters. The second-order valence-corrected chi connectivity index (χ2v) is 4.46. The van der Waals surface area contributed by atoms with Gasteiger partial charge in [0.2, 0.25) is 5.95 Å². The number of aliphatic hydroxyl groups excluding tert-OH is 1. The molecule has 0 unspecified atom stereocenters. The summed E-state index contributed by atoms with van der Waals surface area (Å²) in [6.45, 7) is 0.640. The second-order valence-electron chi connectivity index (χ2n) is 4.05. The van der Waals surface area contributed by atoms with Crippen LogP contribution < -0.4 is 10.2 Å². The van der Waals surface area contributed by atoms with Crippen molar-refractivity contribution in [3.05, 3.63) is 11.2 Å². The maximum absolute atomic E-state index is 12.5. The lowest BCUT2D eigenvalue weighted by Crippen LogP contribution is -2.37. The Kier molecular flexibility index (Phi) is 6.28. The number of anilines is 2. The largest absolute Gasteiger partial charge is 0.405 e. The van der Waals surface area contributed by atoms with E-state index in [0.29, 0.717) is 6.54 Å². The molecule has 1 aromatic rings. The van der Waals surface area contributed by atoms with E-state index in [0.717, 1.165) is 11.3 Å². The van der Waals surface area contributed by atoms with Crippen LogP contribution in [0.3, 0.4) is 0 Å². The van der Waals surface area contributed by atoms with Crippen LogP contribution in [0.4, 0.5) is 24.9 Å². The number of nitrogens with zero attached hydrogens (tertiary/aromatic N) is 3. The minimum Gasteiger partial charge on any atom is -0.395 e. The summed E-state index contributed by atoms with van der Waals surface area (Å²) in [6.07, 6.45) is -2.35. The van der Waals surface area contributed by atoms with Gasteiger partial charge < -0.3 is 15.3 Å². The summed E-state index contributed by atoms with van der Waals surface area (Å²) in [4.78, 5) is 8.74. The fraction of sp³-hybridized carbons (Fsp3) is 0.636. The first-order chi connectivity index (χ1) is 9.37. The van der Waals surface area contributed by atoms with Gasteiger partial charge in [0.05, 0.1) is 12.8 Å². The van der Waals surface area contributed by atoms with Crippen LogP contribution in [0.5, 0.6) is 0 Å². The molecule has 5 nitrogen and oxygen atoms in total. The predicted molar refractivity (Wildman–Crippen MR) is 71.2 cm³/mol. The highest BCUT2D eigenvalue weighted by Gasteiger charge is 2.32. The Bertz CT molecular complexity index is 431. The Labute approximate surface area is 119 Å². The van der Waals surface area contributed by atoms with E-state index in [1.807, 2.05) is 6.92 Å². The molecule has 114 valence electrons. The molecule has 0 spiro atoms. The molecule has 0 amide bonds. The zero-order valence-corrected chi connectivity index (χ0v) is 11.7. The fourth-order valence-electron chi connectivity index (χ4n) is 1.50. The van der Waals surface area contributed by atoms with E-state index < -0.39 is 19.3 Å². The summed E-state index contributed by atoms with van der Waals surface area (Å²) in [5.41, 5.74) is 0. The van der Waals surface area contributed by atoms with Gasteiger partial charge in [-0.1, -0.05) is 18.5 Å². The summed E-state index contributed by atoms with van der Waals surface area (Å²) in [7, 11) is 0. The molecule has 2 N–H and O–H groups in total. The van der Waals surface area contributed by atoms with E-state index in [-0.39, 0.29) is 23.3 Å². The van der Waals surface area contributed by atoms with Crippen molar-refractivity contribution in [3.63, 3.8) is 0 Å². The lowest BCUT2D eigenvalue weighted by atomic mass is 10.4. The molecule has 0 saturated carbocycles. The van der Waals surface area contributed by atoms with Crippen molar-refractivity contribution < 1.29 is 18.3 Å². The molecule has 1 aromatic heterocycles. The van der Waals surface area contributed by atoms with E-state index >= 15 is 0 Å². The first-order valence-electron chi connectivity index (χ1n) is 6.06. The van der Waals surface area contributed by atoms with Gasteiger partial charge in [0.1, 0.15) is 11.6 Å². The summed E-state index contributed by atoms with van der Waals surface area (Å²) >= 11 is 5.85. The average Bonchev–Trinajstić information content (AvgIpc) is 2.36. The molecule has 1 heterocycles. The van der Waals surface area contributed by atoms with Crippen molar-refractivity contribution in [1.29, 1.82) is 0 Å². The number of halogens is 4. The predicted octanol–water partition coefficient (Wildman–Crippen LogP) is 2.31. The van der Waals surface area contributed by atoms with E-state index in [1.54, 1.807) is 0 Å². The minimum atomic E-state index is -4.42. The van der Waals surface area contributed by atoms with Crippen molar-refractivity contribution in [2.24, 2.45) is 0 Å². The molecule has 0 saturated heterocycles. The van der Waals surface area contributed by atoms with Gasteiger partial charge in [-0.3, -0.25) is 0 Å². The Morgan fingerprint density at radius 3 is 2.70 bits per heavy atom. The molecule has 0 radical (unpaired) electrons. The normalized spacial score (nSPS) is 11.5. The van der Waals surface area contributed by atoms with Gasteiger partial charge in [-0.05, 0) is 6.42 Å². The van der Waals surface area contributed by atoms with Crippen LogP contribution >= 0.6 is 11.6 Å². The van der Waals surface area contributed by atoms with Crippen molar-refractivity contribution in [3.8, 4) is 0 Å². The van der Waals surface area contributed by atoms with Crippen molar-refractivity contribution in [2.75, 3.05) is 36.5 Å². The molecular formula is C11H16ClF3N4O. The molecule has 0 aliphatic heterocycles. The standard InChI is InChI=1S/C11H16ClF3N4O/c1-2-3-16-10-17-6-8(12)9(18-10)19(4-5-20)7-11(13,14)15/h6,20H,2-5,7H2,1H3,(H,16,17,18). The third kappa shape index (κ3) is 5.38. The minimum absolute atomic E-state index is 0.00440. The molecule has 0 aliphatic carbocycles. The molecule has 1 rings (SSSR count). The summed E-state index contributed by atoms with van der Waals surface area (Å²) < 4.78 is 37.6. The Morgan fingerprint density at radius 2 is 2.15 bits per heavy atom. The molecule has 9 heteroatoms. The van der Waals surface area contributed by atoms with Gasteiger partial charge >= 0.3 is 6.18 Å². The van der Waals surface area contributed by atoms with Crippen LogP contribution in [0.15, 0.2) is 6.20 Å². The number of alkyl halides is 3. The topological polar surface area (TPSA) is 61.3 Å². The number of nitrogens with one attached hydrogen (secondary N) is 1. The SMILES string of the molecule is CCCNc1ncc(Cl)c(N(CCO)CC(F)(F)F)n1. The molecule has 0 aromatic carbocycles. The lowest BCUT2D eigenvalue weighted by Gasteiger charge is -2.25. The Hall–Kier alpha value is -1.28. The maximum Gasteiger partial charge on any atom is 0.405 e. The van der Waals surface area contributed by atoms with Gasteiger partial charge in [0.15, 0.2) is 5.82 Å². The van der Waals surface area contributed by atoms with Crippen LogP contribution in [-0.4, -0.2) is 47.5 Å². The number of rotatable bonds is 7. The lowest BCUT2D eigenvalue weighted by molar-refractivity contribution is -0.119. The highest BCUT2D eigenvalue weighted by atomic mass is 35.5. The average molecular weight is 313 g/mol. The first kappa shape index (κ1) is 16.8. The van der Waals surface area contributed by atoms with Gasteiger partial charge in [0, 0.05) is 13.1 Å². The van der Waals surface area contributed by atoms with E-state index in [2.05, 4.69) is 15.3 Å². The van der Waals surface area contributed by atoms with Gasteiger partial charge in [0.25, 0.3) is 0 Å². The highest BCUT2D eigenvalue weighted by Crippen LogP contribution is 2.27. The molecule has 0 fully saturated rings. The summed E-state index contributed by atoms with van der Waals surface area (Å²) in [6, 6.07) is 0. The fourth-order valence-corrected chi connectivity index (χ4v) is 1.71. The number of aromatic nitrogens is 2. The summed E-state index contributed by atoms with van der Waals surface area (Å²) in [5, 5.41) is 11.8. The quantitative estimate of drug-likeness (QED) is 0.809. The van der Waals surface area contributed by atoms with Crippen molar-refractivity contribution in [2.45, 2.75) is 19.5 Å². The highest BCUT2D eigenvalue weighted by molar-refractivity contribution is 6.32. The maximum atomic E-state index is 12.5. The second kappa shape index (κ2) is 7.49. The van der Waals surface area contributed by atoms with Crippen LogP contribution in [0.1, 0.15) is 13.3 Å². The first-order valence-corrected chi connectivity index (χ1v) is 6.44. The van der Waals surface area contributed by atoms with Gasteiger partial charge in [-0.15, -0.1) is 0 Å². The van der Waals surface area contributed by atoms with E-state index in [9.17, 15) is 13.2 Å². The van der Waals surface area contributed by atoms with Crippen LogP contribution in [0.2, 0.25) is 5.02 Å². The molecule has 20 heavy (non-hydrogen) atoms. The Balaban J connectivity index is 2.98. The number of aliphatic hydroxyl groups is 1. The smallest absolute Gasteiger partial charge is 0.395 e. The number of hydrogen-bond acceptors (Lipinski definition) is 5. The third-order valence-corrected chi connectivity index (χ3v) is 2.56. The molecule has 0 bridgehead atoms. The van der Waals surface area contributed by atoms with Gasteiger partial charge in [-0.25, -0.2) is 4.98 Å². The van der Waals surface area contributed by atoms with Crippen LogP contribution in [-0.2, 0) is 0 Å². The molecular weight excluding hydrogens is 297 g/mol. The number of hydrogen-bond donors (Lipinski definition) is 2. The van der Waals surface area contributed by atoms with Crippen molar-refractivity contribution in [1.82, 2.24) is 9.97 Å². The monoisotopic (exact) mass is 312 g/mol. The third-order valence-electron chi connectivity index (χ3n) is 2.30. The zero-order chi connectivity index (χ0) is 15.2. The van der Waals surface area contributed by atoms with Crippen LogP contribution in [0.25, 0.3) is 0 Å². The Morgan fingerprint density at radius 1 is 1.45 bits per heavy atom. The van der Waals surface area contributed by atoms with Crippen LogP contribution in [0, 0.1) is 0 Å². The van der Waals surface area contributed by atoms with E-state index in [1.165, 1.54) is 6.20 Å².